The normalized spacial score (nSPS) is 17.3. The second-order valence-electron chi connectivity index (χ2n) is 8.47. The second kappa shape index (κ2) is 7.31. The highest BCUT2D eigenvalue weighted by Gasteiger charge is 2.42. The highest BCUT2D eigenvalue weighted by Crippen LogP contribution is 2.47. The van der Waals surface area contributed by atoms with Crippen molar-refractivity contribution >= 4 is 22.7 Å². The molecule has 5 rings (SSSR count). The molecule has 1 aliphatic heterocycles. The molecule has 0 radical (unpaired) electrons. The molecule has 1 spiro atoms. The highest BCUT2D eigenvalue weighted by molar-refractivity contribution is 5.94. The lowest BCUT2D eigenvalue weighted by Crippen LogP contribution is -2.44. The summed E-state index contributed by atoms with van der Waals surface area (Å²) in [7, 11) is 0. The molecule has 3 aromatic rings. The fraction of sp³-hybridized carbons (Fsp3) is 0.360. The standard InChI is InChI=1S/C25H27N3O2/c1-2-30-24(29)28-13-10-25(11-14-28)9-7-20-15-18(5-6-22(20)25)19-4-3-17-8-12-27-23(26)21(17)16-19/h3-6,8,12,15-16H,2,7,9-11,13-14H2,1H3,(H2,26,27). The van der Waals surface area contributed by atoms with E-state index in [4.69, 9.17) is 10.5 Å². The highest BCUT2D eigenvalue weighted by atomic mass is 16.6. The number of amides is 1. The number of carbonyl (C=O) groups is 1. The zero-order chi connectivity index (χ0) is 20.7. The molecule has 1 fully saturated rings. The fourth-order valence-corrected chi connectivity index (χ4v) is 5.23. The second-order valence-corrected chi connectivity index (χ2v) is 8.47. The summed E-state index contributed by atoms with van der Waals surface area (Å²) in [6.45, 7) is 3.84. The first-order valence-electron chi connectivity index (χ1n) is 10.8. The number of hydrogen-bond donors (Lipinski definition) is 1. The van der Waals surface area contributed by atoms with Gasteiger partial charge in [0, 0.05) is 24.7 Å². The number of pyridine rings is 1. The molecule has 1 aromatic heterocycles. The van der Waals surface area contributed by atoms with Gasteiger partial charge < -0.3 is 15.4 Å². The summed E-state index contributed by atoms with van der Waals surface area (Å²) >= 11 is 0. The van der Waals surface area contributed by atoms with Crippen LogP contribution in [-0.4, -0.2) is 35.7 Å². The van der Waals surface area contributed by atoms with Crippen LogP contribution in [0.15, 0.2) is 48.7 Å². The zero-order valence-corrected chi connectivity index (χ0v) is 17.4. The zero-order valence-electron chi connectivity index (χ0n) is 17.4. The van der Waals surface area contributed by atoms with Crippen LogP contribution < -0.4 is 5.73 Å². The molecule has 5 nitrogen and oxygen atoms in total. The van der Waals surface area contributed by atoms with Gasteiger partial charge in [-0.2, -0.15) is 0 Å². The lowest BCUT2D eigenvalue weighted by Gasteiger charge is -2.39. The Morgan fingerprint density at radius 2 is 1.87 bits per heavy atom. The number of carbonyl (C=O) groups excluding carboxylic acids is 1. The third kappa shape index (κ3) is 3.09. The van der Waals surface area contributed by atoms with E-state index in [0.717, 1.165) is 49.5 Å². The van der Waals surface area contributed by atoms with E-state index in [2.05, 4.69) is 41.4 Å². The van der Waals surface area contributed by atoms with Gasteiger partial charge in [-0.25, -0.2) is 9.78 Å². The number of nitrogens with zero attached hydrogens (tertiary/aromatic N) is 2. The van der Waals surface area contributed by atoms with E-state index in [1.165, 1.54) is 22.3 Å². The molecule has 30 heavy (non-hydrogen) atoms. The Kier molecular flexibility index (Phi) is 4.61. The van der Waals surface area contributed by atoms with Crippen LogP contribution in [0, 0.1) is 0 Å². The van der Waals surface area contributed by atoms with Crippen LogP contribution in [-0.2, 0) is 16.6 Å². The SMILES string of the molecule is CCOC(=O)N1CCC2(CCc3cc(-c4ccc5ccnc(N)c5c4)ccc32)CC1. The maximum absolute atomic E-state index is 12.1. The van der Waals surface area contributed by atoms with Crippen LogP contribution in [0.5, 0.6) is 0 Å². The number of aryl methyl sites for hydroxylation is 1. The van der Waals surface area contributed by atoms with Crippen LogP contribution in [0.2, 0.25) is 0 Å². The van der Waals surface area contributed by atoms with Gasteiger partial charge in [-0.3, -0.25) is 0 Å². The summed E-state index contributed by atoms with van der Waals surface area (Å²) in [5, 5.41) is 2.11. The molecular weight excluding hydrogens is 374 g/mol. The van der Waals surface area contributed by atoms with E-state index >= 15 is 0 Å². The summed E-state index contributed by atoms with van der Waals surface area (Å²) in [4.78, 5) is 18.1. The molecule has 2 aliphatic rings. The summed E-state index contributed by atoms with van der Waals surface area (Å²) in [6, 6.07) is 15.3. The number of likely N-dealkylation sites (tertiary alicyclic amines) is 1. The number of aromatic nitrogens is 1. The average molecular weight is 402 g/mol. The van der Waals surface area contributed by atoms with E-state index in [9.17, 15) is 4.79 Å². The van der Waals surface area contributed by atoms with Gasteiger partial charge in [0.15, 0.2) is 0 Å². The number of anilines is 1. The number of fused-ring (bicyclic) bond motifs is 3. The van der Waals surface area contributed by atoms with Gasteiger partial charge in [0.25, 0.3) is 0 Å². The van der Waals surface area contributed by atoms with E-state index in [0.29, 0.717) is 12.4 Å². The first kappa shape index (κ1) is 18.9. The number of rotatable bonds is 2. The van der Waals surface area contributed by atoms with Crippen molar-refractivity contribution < 1.29 is 9.53 Å². The van der Waals surface area contributed by atoms with Crippen LogP contribution in [0.1, 0.15) is 37.3 Å². The molecule has 0 saturated carbocycles. The molecule has 2 N–H and O–H groups in total. The van der Waals surface area contributed by atoms with Crippen molar-refractivity contribution in [1.82, 2.24) is 9.88 Å². The van der Waals surface area contributed by atoms with Crippen molar-refractivity contribution in [3.63, 3.8) is 0 Å². The number of benzene rings is 2. The lowest BCUT2D eigenvalue weighted by atomic mass is 9.73. The molecule has 1 saturated heterocycles. The predicted molar refractivity (Wildman–Crippen MR) is 119 cm³/mol. The van der Waals surface area contributed by atoms with Gasteiger partial charge >= 0.3 is 6.09 Å². The Labute approximate surface area is 176 Å². The first-order valence-corrected chi connectivity index (χ1v) is 10.8. The molecule has 0 bridgehead atoms. The summed E-state index contributed by atoms with van der Waals surface area (Å²) in [6.07, 6.45) is 5.86. The van der Waals surface area contributed by atoms with E-state index in [1.807, 2.05) is 17.9 Å². The van der Waals surface area contributed by atoms with Crippen molar-refractivity contribution in [1.29, 1.82) is 0 Å². The van der Waals surface area contributed by atoms with E-state index in [-0.39, 0.29) is 11.5 Å². The van der Waals surface area contributed by atoms with Gasteiger partial charge in [0.05, 0.1) is 6.61 Å². The van der Waals surface area contributed by atoms with Crippen LogP contribution in [0.4, 0.5) is 10.6 Å². The molecule has 1 amide bonds. The van der Waals surface area contributed by atoms with Gasteiger partial charge in [-0.15, -0.1) is 0 Å². The van der Waals surface area contributed by atoms with Crippen molar-refractivity contribution in [3.05, 3.63) is 59.8 Å². The van der Waals surface area contributed by atoms with Crippen LogP contribution in [0.3, 0.4) is 0 Å². The Hall–Kier alpha value is -3.08. The number of nitrogens with two attached hydrogens (primary N) is 1. The smallest absolute Gasteiger partial charge is 0.409 e. The van der Waals surface area contributed by atoms with Crippen LogP contribution in [0.25, 0.3) is 21.9 Å². The Morgan fingerprint density at radius 1 is 1.10 bits per heavy atom. The van der Waals surface area contributed by atoms with Gasteiger partial charge in [-0.05, 0) is 77.8 Å². The molecule has 5 heteroatoms. The predicted octanol–water partition coefficient (Wildman–Crippen LogP) is 4.92. The number of ether oxygens (including phenoxy) is 1. The maximum atomic E-state index is 12.1. The van der Waals surface area contributed by atoms with E-state index in [1.54, 1.807) is 6.20 Å². The molecule has 0 atom stereocenters. The fourth-order valence-electron chi connectivity index (χ4n) is 5.23. The van der Waals surface area contributed by atoms with Crippen molar-refractivity contribution in [3.8, 4) is 11.1 Å². The van der Waals surface area contributed by atoms with Crippen molar-refractivity contribution in [2.45, 2.75) is 38.0 Å². The molecule has 0 unspecified atom stereocenters. The molecule has 1 aliphatic carbocycles. The maximum Gasteiger partial charge on any atom is 0.409 e. The first-order chi connectivity index (χ1) is 14.6. The molecule has 2 heterocycles. The summed E-state index contributed by atoms with van der Waals surface area (Å²) in [5.74, 6) is 0.572. The lowest BCUT2D eigenvalue weighted by molar-refractivity contribution is 0.0862. The summed E-state index contributed by atoms with van der Waals surface area (Å²) in [5.41, 5.74) is 11.6. The monoisotopic (exact) mass is 401 g/mol. The van der Waals surface area contributed by atoms with Gasteiger partial charge in [0.1, 0.15) is 5.82 Å². The third-order valence-electron chi connectivity index (χ3n) is 6.93. The number of hydrogen-bond acceptors (Lipinski definition) is 4. The molecular formula is C25H27N3O2. The molecule has 2 aromatic carbocycles. The van der Waals surface area contributed by atoms with Crippen LogP contribution >= 0.6 is 0 Å². The quantitative estimate of drug-likeness (QED) is 0.662. The van der Waals surface area contributed by atoms with E-state index < -0.39 is 0 Å². The number of nitrogen functional groups attached to an aromatic ring is 1. The number of piperidine rings is 1. The minimum atomic E-state index is -0.175. The Bertz CT molecular complexity index is 1120. The van der Waals surface area contributed by atoms with Gasteiger partial charge in [-0.1, -0.05) is 30.3 Å². The topological polar surface area (TPSA) is 68.5 Å². The largest absolute Gasteiger partial charge is 0.450 e. The van der Waals surface area contributed by atoms with Gasteiger partial charge in [0.2, 0.25) is 0 Å². The van der Waals surface area contributed by atoms with Crippen molar-refractivity contribution in [2.75, 3.05) is 25.4 Å². The minimum Gasteiger partial charge on any atom is -0.450 e. The Balaban J connectivity index is 1.41. The summed E-state index contributed by atoms with van der Waals surface area (Å²) < 4.78 is 5.18. The third-order valence-corrected chi connectivity index (χ3v) is 6.93. The average Bonchev–Trinajstić information content (AvgIpc) is 3.12. The Morgan fingerprint density at radius 3 is 2.67 bits per heavy atom. The minimum absolute atomic E-state index is 0.175. The molecule has 154 valence electrons. The van der Waals surface area contributed by atoms with Crippen molar-refractivity contribution in [2.24, 2.45) is 0 Å².